The Balaban J connectivity index is 1.64. The van der Waals surface area contributed by atoms with Crippen LogP contribution >= 0.6 is 0 Å². The summed E-state index contributed by atoms with van der Waals surface area (Å²) in [7, 11) is 0. The minimum Gasteiger partial charge on any atom is -0.494 e. The predicted octanol–water partition coefficient (Wildman–Crippen LogP) is 2.87. The lowest BCUT2D eigenvalue weighted by Gasteiger charge is -2.35. The molecule has 1 aliphatic heterocycles. The van der Waals surface area contributed by atoms with Gasteiger partial charge in [-0.1, -0.05) is 6.92 Å². The third-order valence-corrected chi connectivity index (χ3v) is 4.58. The van der Waals surface area contributed by atoms with Gasteiger partial charge in [0.05, 0.1) is 6.61 Å². The van der Waals surface area contributed by atoms with Crippen LogP contribution in [0.3, 0.4) is 0 Å². The first kappa shape index (κ1) is 18.2. The topological polar surface area (TPSA) is 57.7 Å². The number of likely N-dealkylation sites (N-methyl/N-ethyl adjacent to an activating group) is 1. The van der Waals surface area contributed by atoms with E-state index in [1.54, 1.807) is 6.20 Å². The number of nitrogens with zero attached hydrogens (tertiary/aromatic N) is 3. The smallest absolute Gasteiger partial charge is 0.274 e. The van der Waals surface area contributed by atoms with Crippen molar-refractivity contribution in [3.05, 3.63) is 48.3 Å². The summed E-state index contributed by atoms with van der Waals surface area (Å²) in [4.78, 5) is 21.5. The van der Waals surface area contributed by atoms with Gasteiger partial charge in [0.2, 0.25) is 0 Å². The van der Waals surface area contributed by atoms with E-state index in [0.29, 0.717) is 12.3 Å². The average Bonchev–Trinajstić information content (AvgIpc) is 2.70. The maximum atomic E-state index is 12.5. The molecule has 0 bridgehead atoms. The van der Waals surface area contributed by atoms with Gasteiger partial charge in [0.1, 0.15) is 11.4 Å². The molecule has 0 radical (unpaired) electrons. The first-order valence-electron chi connectivity index (χ1n) is 9.17. The Morgan fingerprint density at radius 2 is 1.85 bits per heavy atom. The molecule has 2 aromatic rings. The van der Waals surface area contributed by atoms with Gasteiger partial charge in [-0.3, -0.25) is 9.78 Å². The van der Waals surface area contributed by atoms with E-state index in [1.165, 1.54) is 0 Å². The Bertz CT molecular complexity index is 725. The number of piperazine rings is 1. The number of amides is 1. The van der Waals surface area contributed by atoms with E-state index in [1.807, 2.05) is 43.3 Å². The normalized spacial score (nSPS) is 14.9. The maximum Gasteiger partial charge on any atom is 0.274 e. The number of hydrogen-bond acceptors (Lipinski definition) is 5. The van der Waals surface area contributed by atoms with Gasteiger partial charge in [-0.15, -0.1) is 0 Å². The number of aromatic nitrogens is 1. The van der Waals surface area contributed by atoms with E-state index >= 15 is 0 Å². The molecule has 0 atom stereocenters. The summed E-state index contributed by atoms with van der Waals surface area (Å²) in [5, 5.41) is 2.89. The van der Waals surface area contributed by atoms with E-state index in [2.05, 4.69) is 27.0 Å². The van der Waals surface area contributed by atoms with E-state index in [9.17, 15) is 4.79 Å². The lowest BCUT2D eigenvalue weighted by Crippen LogP contribution is -2.46. The molecule has 1 amide bonds. The van der Waals surface area contributed by atoms with Crippen LogP contribution < -0.4 is 15.0 Å². The Kier molecular flexibility index (Phi) is 6.07. The van der Waals surface area contributed by atoms with Crippen LogP contribution in [0.4, 0.5) is 11.4 Å². The molecule has 1 N–H and O–H groups in total. The van der Waals surface area contributed by atoms with Crippen molar-refractivity contribution in [3.8, 4) is 5.75 Å². The average molecular weight is 354 g/mol. The van der Waals surface area contributed by atoms with Crippen LogP contribution in [0.5, 0.6) is 5.75 Å². The summed E-state index contributed by atoms with van der Waals surface area (Å²) in [5.41, 5.74) is 2.20. The molecule has 1 fully saturated rings. The number of ether oxygens (including phenoxy) is 1. The molecule has 0 spiro atoms. The van der Waals surface area contributed by atoms with Crippen LogP contribution in [0.15, 0.2) is 42.6 Å². The SMILES string of the molecule is CCOc1ccc(NC(=O)c2cc(N3CCN(CC)CC3)ccn2)cc1. The highest BCUT2D eigenvalue weighted by Crippen LogP contribution is 2.19. The quantitative estimate of drug-likeness (QED) is 0.864. The number of pyridine rings is 1. The fourth-order valence-corrected chi connectivity index (χ4v) is 3.06. The van der Waals surface area contributed by atoms with E-state index in [4.69, 9.17) is 4.74 Å². The number of nitrogens with one attached hydrogen (secondary N) is 1. The van der Waals surface area contributed by atoms with Crippen LogP contribution in [-0.4, -0.2) is 55.1 Å². The van der Waals surface area contributed by atoms with Gasteiger partial charge in [-0.05, 0) is 49.9 Å². The third kappa shape index (κ3) is 4.52. The summed E-state index contributed by atoms with van der Waals surface area (Å²) < 4.78 is 5.41. The standard InChI is InChI=1S/C20H26N4O2/c1-3-23-11-13-24(14-12-23)17-9-10-21-19(15-17)20(25)22-16-5-7-18(8-6-16)26-4-2/h5-10,15H,3-4,11-14H2,1-2H3,(H,22,25). The van der Waals surface area contributed by atoms with Crippen LogP contribution in [0.1, 0.15) is 24.3 Å². The van der Waals surface area contributed by atoms with Crippen molar-refractivity contribution in [2.45, 2.75) is 13.8 Å². The largest absolute Gasteiger partial charge is 0.494 e. The second-order valence-electron chi connectivity index (χ2n) is 6.23. The molecule has 2 heterocycles. The highest BCUT2D eigenvalue weighted by Gasteiger charge is 2.17. The summed E-state index contributed by atoms with van der Waals surface area (Å²) in [6.45, 7) is 9.87. The predicted molar refractivity (Wildman–Crippen MR) is 104 cm³/mol. The number of hydrogen-bond donors (Lipinski definition) is 1. The summed E-state index contributed by atoms with van der Waals surface area (Å²) in [6.07, 6.45) is 1.70. The zero-order valence-corrected chi connectivity index (χ0v) is 15.4. The molecule has 0 saturated carbocycles. The van der Waals surface area contributed by atoms with Crippen molar-refractivity contribution in [2.24, 2.45) is 0 Å². The number of carbonyl (C=O) groups is 1. The molecule has 1 aromatic carbocycles. The fraction of sp³-hybridized carbons (Fsp3) is 0.400. The molecule has 1 saturated heterocycles. The van der Waals surface area contributed by atoms with Crippen molar-refractivity contribution < 1.29 is 9.53 Å². The molecule has 3 rings (SSSR count). The van der Waals surface area contributed by atoms with Gasteiger partial charge in [-0.25, -0.2) is 0 Å². The van der Waals surface area contributed by atoms with Gasteiger partial charge in [0.15, 0.2) is 0 Å². The lowest BCUT2D eigenvalue weighted by molar-refractivity contribution is 0.102. The minimum atomic E-state index is -0.205. The van der Waals surface area contributed by atoms with Crippen molar-refractivity contribution in [2.75, 3.05) is 49.5 Å². The lowest BCUT2D eigenvalue weighted by atomic mass is 10.2. The first-order chi connectivity index (χ1) is 12.7. The van der Waals surface area contributed by atoms with Gasteiger partial charge >= 0.3 is 0 Å². The third-order valence-electron chi connectivity index (χ3n) is 4.58. The van der Waals surface area contributed by atoms with E-state index in [-0.39, 0.29) is 5.91 Å². The van der Waals surface area contributed by atoms with Crippen molar-refractivity contribution >= 4 is 17.3 Å². The molecule has 138 valence electrons. The minimum absolute atomic E-state index is 0.205. The van der Waals surface area contributed by atoms with Crippen LogP contribution in [0.25, 0.3) is 0 Å². The van der Waals surface area contributed by atoms with Gasteiger partial charge < -0.3 is 19.9 Å². The van der Waals surface area contributed by atoms with Gasteiger partial charge in [-0.2, -0.15) is 0 Å². The molecule has 26 heavy (non-hydrogen) atoms. The van der Waals surface area contributed by atoms with Crippen LogP contribution in [-0.2, 0) is 0 Å². The second kappa shape index (κ2) is 8.67. The van der Waals surface area contributed by atoms with Crippen molar-refractivity contribution in [3.63, 3.8) is 0 Å². The monoisotopic (exact) mass is 354 g/mol. The molecule has 0 unspecified atom stereocenters. The molecular weight excluding hydrogens is 328 g/mol. The summed E-state index contributed by atoms with van der Waals surface area (Å²) >= 11 is 0. The highest BCUT2D eigenvalue weighted by molar-refractivity contribution is 6.03. The number of rotatable bonds is 6. The van der Waals surface area contributed by atoms with Crippen LogP contribution in [0.2, 0.25) is 0 Å². The molecule has 0 aliphatic carbocycles. The Morgan fingerprint density at radius 1 is 1.12 bits per heavy atom. The molecule has 1 aliphatic rings. The molecule has 6 nitrogen and oxygen atoms in total. The Morgan fingerprint density at radius 3 is 2.50 bits per heavy atom. The van der Waals surface area contributed by atoms with Crippen molar-refractivity contribution in [1.29, 1.82) is 0 Å². The zero-order valence-electron chi connectivity index (χ0n) is 15.4. The maximum absolute atomic E-state index is 12.5. The first-order valence-corrected chi connectivity index (χ1v) is 9.17. The Hall–Kier alpha value is -2.60. The summed E-state index contributed by atoms with van der Waals surface area (Å²) in [6, 6.07) is 11.2. The molecule has 6 heteroatoms. The van der Waals surface area contributed by atoms with Crippen molar-refractivity contribution in [1.82, 2.24) is 9.88 Å². The summed E-state index contributed by atoms with van der Waals surface area (Å²) in [5.74, 6) is 0.583. The van der Waals surface area contributed by atoms with Gasteiger partial charge in [0, 0.05) is 43.8 Å². The second-order valence-corrected chi connectivity index (χ2v) is 6.23. The number of anilines is 2. The number of carbonyl (C=O) groups excluding carboxylic acids is 1. The molecular formula is C20H26N4O2. The van der Waals surface area contributed by atoms with Crippen LogP contribution in [0, 0.1) is 0 Å². The zero-order chi connectivity index (χ0) is 18.4. The fourth-order valence-electron chi connectivity index (χ4n) is 3.06. The van der Waals surface area contributed by atoms with E-state index in [0.717, 1.165) is 49.8 Å². The van der Waals surface area contributed by atoms with Gasteiger partial charge in [0.25, 0.3) is 5.91 Å². The Labute approximate surface area is 154 Å². The molecule has 1 aromatic heterocycles. The highest BCUT2D eigenvalue weighted by atomic mass is 16.5. The van der Waals surface area contributed by atoms with E-state index < -0.39 is 0 Å². The number of benzene rings is 1.